The van der Waals surface area contributed by atoms with E-state index in [4.69, 9.17) is 4.74 Å². The number of hydrogen-bond donors (Lipinski definition) is 0. The number of methoxy groups -OCH3 is 1. The lowest BCUT2D eigenvalue weighted by Crippen LogP contribution is -2.41. The standard InChI is InChI=1S/C16H27NO2S/c1-6-15(19-5)13-17(20(18)16(2,3)4)12-14-10-8-7-9-11-14/h7-11,15H,6,12-13H2,1-5H3. The maximum absolute atomic E-state index is 12.7. The summed E-state index contributed by atoms with van der Waals surface area (Å²) < 4.78 is 19.9. The summed E-state index contributed by atoms with van der Waals surface area (Å²) >= 11 is 0. The van der Waals surface area contributed by atoms with Gasteiger partial charge in [0.2, 0.25) is 0 Å². The van der Waals surface area contributed by atoms with Crippen molar-refractivity contribution in [2.24, 2.45) is 0 Å². The van der Waals surface area contributed by atoms with Crippen LogP contribution in [0.25, 0.3) is 0 Å². The third-order valence-corrected chi connectivity index (χ3v) is 4.95. The molecule has 1 aromatic carbocycles. The van der Waals surface area contributed by atoms with Crippen LogP contribution in [-0.2, 0) is 22.3 Å². The first-order valence-electron chi connectivity index (χ1n) is 7.12. The van der Waals surface area contributed by atoms with Crippen molar-refractivity contribution in [3.05, 3.63) is 35.9 Å². The lowest BCUT2D eigenvalue weighted by Gasteiger charge is -2.31. The van der Waals surface area contributed by atoms with Crippen molar-refractivity contribution in [2.45, 2.75) is 51.5 Å². The van der Waals surface area contributed by atoms with E-state index in [1.54, 1.807) is 7.11 Å². The van der Waals surface area contributed by atoms with Crippen molar-refractivity contribution in [2.75, 3.05) is 13.7 Å². The molecule has 3 nitrogen and oxygen atoms in total. The molecule has 0 spiro atoms. The van der Waals surface area contributed by atoms with Crippen molar-refractivity contribution in [3.63, 3.8) is 0 Å². The molecule has 4 heteroatoms. The fourth-order valence-corrected chi connectivity index (χ4v) is 3.31. The van der Waals surface area contributed by atoms with Gasteiger partial charge in [0.15, 0.2) is 0 Å². The Hall–Kier alpha value is -0.710. The molecular formula is C16H27NO2S. The largest absolute Gasteiger partial charge is 0.380 e. The summed E-state index contributed by atoms with van der Waals surface area (Å²) in [5.74, 6) is 0. The Morgan fingerprint density at radius 1 is 1.25 bits per heavy atom. The van der Waals surface area contributed by atoms with Gasteiger partial charge in [-0.05, 0) is 32.8 Å². The Balaban J connectivity index is 2.87. The third-order valence-electron chi connectivity index (χ3n) is 3.16. The predicted molar refractivity (Wildman–Crippen MR) is 85.8 cm³/mol. The second kappa shape index (κ2) is 7.91. The average Bonchev–Trinajstić information content (AvgIpc) is 2.42. The van der Waals surface area contributed by atoms with E-state index in [2.05, 4.69) is 19.1 Å². The van der Waals surface area contributed by atoms with E-state index in [-0.39, 0.29) is 10.9 Å². The average molecular weight is 297 g/mol. The first-order chi connectivity index (χ1) is 9.38. The summed E-state index contributed by atoms with van der Waals surface area (Å²) in [6.45, 7) is 9.49. The molecule has 1 rings (SSSR count). The van der Waals surface area contributed by atoms with Gasteiger partial charge in [0.1, 0.15) is 11.0 Å². The minimum atomic E-state index is -1.05. The molecule has 0 heterocycles. The van der Waals surface area contributed by atoms with Gasteiger partial charge in [0.25, 0.3) is 0 Å². The van der Waals surface area contributed by atoms with Crippen LogP contribution < -0.4 is 0 Å². The lowest BCUT2D eigenvalue weighted by molar-refractivity contribution is 0.0815. The van der Waals surface area contributed by atoms with E-state index in [1.807, 2.05) is 43.3 Å². The molecular weight excluding hydrogens is 270 g/mol. The zero-order valence-corrected chi connectivity index (χ0v) is 14.1. The Kier molecular flexibility index (Phi) is 6.86. The summed E-state index contributed by atoms with van der Waals surface area (Å²) in [6, 6.07) is 10.2. The van der Waals surface area contributed by atoms with Crippen molar-refractivity contribution < 1.29 is 8.95 Å². The maximum atomic E-state index is 12.7. The van der Waals surface area contributed by atoms with E-state index in [0.717, 1.165) is 6.42 Å². The molecule has 0 radical (unpaired) electrons. The lowest BCUT2D eigenvalue weighted by atomic mass is 10.2. The van der Waals surface area contributed by atoms with Crippen molar-refractivity contribution >= 4 is 11.0 Å². The summed E-state index contributed by atoms with van der Waals surface area (Å²) in [7, 11) is 0.671. The van der Waals surface area contributed by atoms with E-state index in [9.17, 15) is 4.21 Å². The minimum absolute atomic E-state index is 0.116. The first-order valence-corrected chi connectivity index (χ1v) is 8.22. The third kappa shape index (κ3) is 5.35. The van der Waals surface area contributed by atoms with Crippen LogP contribution >= 0.6 is 0 Å². The van der Waals surface area contributed by atoms with Gasteiger partial charge < -0.3 is 4.74 Å². The van der Waals surface area contributed by atoms with E-state index in [0.29, 0.717) is 13.1 Å². The molecule has 0 aliphatic carbocycles. The zero-order valence-electron chi connectivity index (χ0n) is 13.3. The monoisotopic (exact) mass is 297 g/mol. The fourth-order valence-electron chi connectivity index (χ4n) is 1.96. The molecule has 0 N–H and O–H groups in total. The minimum Gasteiger partial charge on any atom is -0.380 e. The molecule has 0 saturated heterocycles. The molecule has 114 valence electrons. The Labute approximate surface area is 125 Å². The van der Waals surface area contributed by atoms with Gasteiger partial charge in [-0.1, -0.05) is 37.3 Å². The molecule has 0 aliphatic heterocycles. The Morgan fingerprint density at radius 3 is 2.30 bits per heavy atom. The normalized spacial score (nSPS) is 15.3. The molecule has 0 aliphatic rings. The van der Waals surface area contributed by atoms with Gasteiger partial charge in [-0.25, -0.2) is 8.51 Å². The van der Waals surface area contributed by atoms with Crippen LogP contribution in [0.1, 0.15) is 39.7 Å². The first kappa shape index (κ1) is 17.3. The molecule has 0 saturated carbocycles. The van der Waals surface area contributed by atoms with E-state index >= 15 is 0 Å². The highest BCUT2D eigenvalue weighted by molar-refractivity contribution is 7.84. The number of nitrogens with zero attached hydrogens (tertiary/aromatic N) is 1. The Morgan fingerprint density at radius 2 is 1.85 bits per heavy atom. The second-order valence-electron chi connectivity index (χ2n) is 5.94. The van der Waals surface area contributed by atoms with Gasteiger partial charge in [-0.2, -0.15) is 0 Å². The highest BCUT2D eigenvalue weighted by Gasteiger charge is 2.27. The van der Waals surface area contributed by atoms with Gasteiger partial charge >= 0.3 is 0 Å². The molecule has 0 amide bonds. The number of hydrogen-bond acceptors (Lipinski definition) is 2. The number of rotatable bonds is 7. The molecule has 0 bridgehead atoms. The second-order valence-corrected chi connectivity index (χ2v) is 8.18. The van der Waals surface area contributed by atoms with Crippen LogP contribution in [0.5, 0.6) is 0 Å². The zero-order chi connectivity index (χ0) is 15.2. The number of benzene rings is 1. The van der Waals surface area contributed by atoms with Crippen LogP contribution in [0.3, 0.4) is 0 Å². The Bertz CT molecular complexity index is 410. The van der Waals surface area contributed by atoms with Crippen molar-refractivity contribution in [3.8, 4) is 0 Å². The van der Waals surface area contributed by atoms with Crippen LogP contribution in [0.4, 0.5) is 0 Å². The SMILES string of the molecule is CCC(CN(Cc1ccccc1)S(=O)C(C)(C)C)OC. The summed E-state index contributed by atoms with van der Waals surface area (Å²) in [4.78, 5) is 0. The molecule has 20 heavy (non-hydrogen) atoms. The van der Waals surface area contributed by atoms with Gasteiger partial charge in [0, 0.05) is 20.2 Å². The molecule has 0 aromatic heterocycles. The van der Waals surface area contributed by atoms with Gasteiger partial charge in [-0.15, -0.1) is 0 Å². The topological polar surface area (TPSA) is 29.5 Å². The van der Waals surface area contributed by atoms with E-state index < -0.39 is 11.0 Å². The predicted octanol–water partition coefficient (Wildman–Crippen LogP) is 3.38. The summed E-state index contributed by atoms with van der Waals surface area (Å²) in [5.41, 5.74) is 1.18. The fraction of sp³-hybridized carbons (Fsp3) is 0.625. The molecule has 2 atom stereocenters. The van der Waals surface area contributed by atoms with Crippen LogP contribution in [0, 0.1) is 0 Å². The van der Waals surface area contributed by atoms with Crippen molar-refractivity contribution in [1.29, 1.82) is 0 Å². The van der Waals surface area contributed by atoms with Crippen LogP contribution in [-0.4, -0.2) is 33.0 Å². The van der Waals surface area contributed by atoms with Crippen molar-refractivity contribution in [1.82, 2.24) is 4.31 Å². The summed E-state index contributed by atoms with van der Waals surface area (Å²) in [6.07, 6.45) is 1.04. The smallest absolute Gasteiger partial charge is 0.100 e. The van der Waals surface area contributed by atoms with Gasteiger partial charge in [0.05, 0.1) is 10.9 Å². The molecule has 0 fully saturated rings. The molecule has 2 unspecified atom stereocenters. The van der Waals surface area contributed by atoms with Crippen LogP contribution in [0.15, 0.2) is 30.3 Å². The maximum Gasteiger partial charge on any atom is 0.100 e. The highest BCUT2D eigenvalue weighted by atomic mass is 32.2. The number of ether oxygens (including phenoxy) is 1. The quantitative estimate of drug-likeness (QED) is 0.772. The molecule has 1 aromatic rings. The summed E-state index contributed by atoms with van der Waals surface area (Å²) in [5, 5.41) is 0. The van der Waals surface area contributed by atoms with Gasteiger partial charge in [-0.3, -0.25) is 0 Å². The van der Waals surface area contributed by atoms with E-state index in [1.165, 1.54) is 5.56 Å². The highest BCUT2D eigenvalue weighted by Crippen LogP contribution is 2.19. The van der Waals surface area contributed by atoms with Crippen LogP contribution in [0.2, 0.25) is 0 Å².